The number of amides is 1. The molecular formula is C15H21N3O2. The molecule has 5 nitrogen and oxygen atoms in total. The van der Waals surface area contributed by atoms with Gasteiger partial charge in [0.25, 0.3) is 0 Å². The van der Waals surface area contributed by atoms with Gasteiger partial charge in [0.15, 0.2) is 0 Å². The van der Waals surface area contributed by atoms with Gasteiger partial charge in [0.05, 0.1) is 11.4 Å². The van der Waals surface area contributed by atoms with E-state index < -0.39 is 0 Å². The molecule has 1 aliphatic heterocycles. The van der Waals surface area contributed by atoms with E-state index in [1.54, 1.807) is 0 Å². The summed E-state index contributed by atoms with van der Waals surface area (Å²) in [6.07, 6.45) is 4.56. The number of carbonyl (C=O) groups is 1. The minimum Gasteiger partial charge on any atom is -0.397 e. The van der Waals surface area contributed by atoms with E-state index in [0.29, 0.717) is 24.1 Å². The minimum absolute atomic E-state index is 0.0498. The topological polar surface area (TPSA) is 87.4 Å². The quantitative estimate of drug-likeness (QED) is 0.633. The number of hydrogen-bond donors (Lipinski definition) is 4. The maximum Gasteiger partial charge on any atom is 0.224 e. The third-order valence-electron chi connectivity index (χ3n) is 4.41. The van der Waals surface area contributed by atoms with Crippen LogP contribution >= 0.6 is 0 Å². The minimum atomic E-state index is 0.0498. The molecule has 108 valence electrons. The Morgan fingerprint density at radius 2 is 2.20 bits per heavy atom. The van der Waals surface area contributed by atoms with Gasteiger partial charge in [-0.15, -0.1) is 0 Å². The van der Waals surface area contributed by atoms with Crippen LogP contribution < -0.4 is 16.4 Å². The van der Waals surface area contributed by atoms with Crippen LogP contribution in [-0.2, 0) is 11.2 Å². The lowest BCUT2D eigenvalue weighted by Gasteiger charge is -2.24. The number of hydrogen-bond acceptors (Lipinski definition) is 4. The molecule has 1 saturated carbocycles. The number of nitrogen functional groups attached to an aromatic ring is 1. The molecule has 20 heavy (non-hydrogen) atoms. The maximum atomic E-state index is 11.4. The molecule has 2 atom stereocenters. The van der Waals surface area contributed by atoms with Crippen LogP contribution in [0.4, 0.5) is 17.1 Å². The summed E-state index contributed by atoms with van der Waals surface area (Å²) < 4.78 is 0. The molecule has 1 aliphatic carbocycles. The predicted molar refractivity (Wildman–Crippen MR) is 79.6 cm³/mol. The van der Waals surface area contributed by atoms with Gasteiger partial charge in [-0.2, -0.15) is 0 Å². The third kappa shape index (κ3) is 2.45. The number of aryl methyl sites for hydroxylation is 1. The van der Waals surface area contributed by atoms with Crippen molar-refractivity contribution >= 4 is 23.0 Å². The molecule has 0 bridgehead atoms. The number of aliphatic hydroxyl groups is 1. The second-order valence-corrected chi connectivity index (χ2v) is 5.77. The highest BCUT2D eigenvalue weighted by atomic mass is 16.3. The van der Waals surface area contributed by atoms with E-state index in [2.05, 4.69) is 10.6 Å². The Labute approximate surface area is 118 Å². The van der Waals surface area contributed by atoms with Gasteiger partial charge in [0.1, 0.15) is 0 Å². The van der Waals surface area contributed by atoms with Crippen molar-refractivity contribution in [2.75, 3.05) is 23.0 Å². The van der Waals surface area contributed by atoms with Crippen molar-refractivity contribution in [2.24, 2.45) is 5.92 Å². The van der Waals surface area contributed by atoms with Gasteiger partial charge in [-0.25, -0.2) is 0 Å². The fraction of sp³-hybridized carbons (Fsp3) is 0.533. The average Bonchev–Trinajstić information content (AvgIpc) is 2.87. The zero-order valence-electron chi connectivity index (χ0n) is 11.5. The fourth-order valence-corrected chi connectivity index (χ4v) is 3.22. The monoisotopic (exact) mass is 275 g/mol. The van der Waals surface area contributed by atoms with E-state index in [0.717, 1.165) is 42.6 Å². The Morgan fingerprint density at radius 1 is 1.35 bits per heavy atom. The molecule has 1 amide bonds. The van der Waals surface area contributed by atoms with E-state index in [4.69, 9.17) is 5.73 Å². The van der Waals surface area contributed by atoms with Crippen LogP contribution in [-0.4, -0.2) is 23.7 Å². The summed E-state index contributed by atoms with van der Waals surface area (Å²) in [6, 6.07) is 4.16. The number of fused-ring (bicyclic) bond motifs is 1. The summed E-state index contributed by atoms with van der Waals surface area (Å²) in [5, 5.41) is 15.7. The zero-order chi connectivity index (χ0) is 14.1. The van der Waals surface area contributed by atoms with E-state index in [-0.39, 0.29) is 12.5 Å². The Balaban J connectivity index is 1.82. The first-order valence-electron chi connectivity index (χ1n) is 7.27. The number of rotatable bonds is 3. The van der Waals surface area contributed by atoms with Crippen LogP contribution in [0.1, 0.15) is 31.2 Å². The molecule has 3 rings (SSSR count). The SMILES string of the molecule is Nc1cc2c(cc1NC1CCCC1CO)CCC(=O)N2. The Morgan fingerprint density at radius 3 is 3.00 bits per heavy atom. The van der Waals surface area contributed by atoms with Crippen LogP contribution in [0.25, 0.3) is 0 Å². The Hall–Kier alpha value is -1.75. The van der Waals surface area contributed by atoms with Crippen LogP contribution in [0, 0.1) is 5.92 Å². The summed E-state index contributed by atoms with van der Waals surface area (Å²) >= 11 is 0. The van der Waals surface area contributed by atoms with E-state index in [9.17, 15) is 9.90 Å². The van der Waals surface area contributed by atoms with Gasteiger partial charge in [-0.05, 0) is 37.0 Å². The van der Waals surface area contributed by atoms with Crippen molar-refractivity contribution in [3.8, 4) is 0 Å². The molecular weight excluding hydrogens is 254 g/mol. The van der Waals surface area contributed by atoms with Crippen LogP contribution in [0.2, 0.25) is 0 Å². The van der Waals surface area contributed by atoms with Gasteiger partial charge in [-0.1, -0.05) is 6.42 Å². The highest BCUT2D eigenvalue weighted by molar-refractivity contribution is 5.95. The second kappa shape index (κ2) is 5.32. The summed E-state index contributed by atoms with van der Waals surface area (Å²) in [4.78, 5) is 11.4. The highest BCUT2D eigenvalue weighted by Gasteiger charge is 2.27. The van der Waals surface area contributed by atoms with Gasteiger partial charge in [0, 0.05) is 30.7 Å². The molecule has 0 saturated heterocycles. The molecule has 5 heteroatoms. The normalized spacial score (nSPS) is 25.1. The van der Waals surface area contributed by atoms with Crippen LogP contribution in [0.3, 0.4) is 0 Å². The number of carbonyl (C=O) groups excluding carboxylic acids is 1. The number of anilines is 3. The first kappa shape index (κ1) is 13.2. The third-order valence-corrected chi connectivity index (χ3v) is 4.41. The maximum absolute atomic E-state index is 11.4. The highest BCUT2D eigenvalue weighted by Crippen LogP contribution is 2.34. The van der Waals surface area contributed by atoms with E-state index in [1.165, 1.54) is 0 Å². The van der Waals surface area contributed by atoms with Gasteiger partial charge < -0.3 is 21.5 Å². The molecule has 1 fully saturated rings. The lowest BCUT2D eigenvalue weighted by molar-refractivity contribution is -0.116. The summed E-state index contributed by atoms with van der Waals surface area (Å²) in [5.41, 5.74) is 9.60. The molecule has 1 aromatic carbocycles. The lowest BCUT2D eigenvalue weighted by atomic mass is 10.00. The van der Waals surface area contributed by atoms with Crippen molar-refractivity contribution in [1.29, 1.82) is 0 Å². The van der Waals surface area contributed by atoms with E-state index >= 15 is 0 Å². The number of nitrogens with one attached hydrogen (secondary N) is 2. The summed E-state index contributed by atoms with van der Waals surface area (Å²) in [5.74, 6) is 0.360. The molecule has 2 unspecified atom stereocenters. The Bertz CT molecular complexity index is 530. The molecule has 5 N–H and O–H groups in total. The Kier molecular flexibility index (Phi) is 3.53. The van der Waals surface area contributed by atoms with Crippen LogP contribution in [0.15, 0.2) is 12.1 Å². The molecule has 1 aromatic rings. The van der Waals surface area contributed by atoms with Gasteiger partial charge in [0.2, 0.25) is 5.91 Å². The number of nitrogens with two attached hydrogens (primary N) is 1. The van der Waals surface area contributed by atoms with Crippen molar-refractivity contribution in [2.45, 2.75) is 38.1 Å². The molecule has 2 aliphatic rings. The first-order chi connectivity index (χ1) is 9.67. The summed E-state index contributed by atoms with van der Waals surface area (Å²) in [7, 11) is 0. The predicted octanol–water partition coefficient (Wildman–Crippen LogP) is 1.73. The first-order valence-corrected chi connectivity index (χ1v) is 7.27. The van der Waals surface area contributed by atoms with Crippen molar-refractivity contribution in [3.05, 3.63) is 17.7 Å². The summed E-state index contributed by atoms with van der Waals surface area (Å²) in [6.45, 7) is 0.221. The van der Waals surface area contributed by atoms with Gasteiger partial charge in [-0.3, -0.25) is 4.79 Å². The van der Waals surface area contributed by atoms with E-state index in [1.807, 2.05) is 12.1 Å². The van der Waals surface area contributed by atoms with Gasteiger partial charge >= 0.3 is 0 Å². The van der Waals surface area contributed by atoms with Crippen LogP contribution in [0.5, 0.6) is 0 Å². The largest absolute Gasteiger partial charge is 0.397 e. The van der Waals surface area contributed by atoms with Crippen molar-refractivity contribution < 1.29 is 9.90 Å². The molecule has 0 aromatic heterocycles. The average molecular weight is 275 g/mol. The molecule has 0 spiro atoms. The molecule has 1 heterocycles. The zero-order valence-corrected chi connectivity index (χ0v) is 11.5. The number of benzene rings is 1. The van der Waals surface area contributed by atoms with Crippen molar-refractivity contribution in [1.82, 2.24) is 0 Å². The number of aliphatic hydroxyl groups excluding tert-OH is 1. The fourth-order valence-electron chi connectivity index (χ4n) is 3.22. The smallest absolute Gasteiger partial charge is 0.224 e. The van der Waals surface area contributed by atoms with Crippen molar-refractivity contribution in [3.63, 3.8) is 0 Å². The second-order valence-electron chi connectivity index (χ2n) is 5.77. The standard InChI is InChI=1S/C15H21N3O2/c16-11-7-13-9(4-5-15(20)18-13)6-14(11)17-12-3-1-2-10(12)8-19/h6-7,10,12,17,19H,1-5,8,16H2,(H,18,20). The molecule has 0 radical (unpaired) electrons. The lowest BCUT2D eigenvalue weighted by Crippen LogP contribution is -2.27.